The monoisotopic (exact) mass is 215 g/mol. The lowest BCUT2D eigenvalue weighted by molar-refractivity contribution is -0.120. The van der Waals surface area contributed by atoms with Crippen LogP contribution in [0.15, 0.2) is 30.5 Å². The van der Waals surface area contributed by atoms with E-state index in [1.54, 1.807) is 0 Å². The van der Waals surface area contributed by atoms with Gasteiger partial charge in [-0.15, -0.1) is 0 Å². The second-order valence-electron chi connectivity index (χ2n) is 4.23. The molecular weight excluding hydrogens is 198 g/mol. The molecule has 1 aromatic heterocycles. The number of para-hydroxylation sites is 1. The number of H-pyrrole nitrogens is 1. The zero-order valence-corrected chi connectivity index (χ0v) is 9.79. The first kappa shape index (κ1) is 10.9. The highest BCUT2D eigenvalue weighted by molar-refractivity contribution is 5.92. The van der Waals surface area contributed by atoms with Gasteiger partial charge in [-0.25, -0.2) is 0 Å². The van der Waals surface area contributed by atoms with E-state index in [4.69, 9.17) is 0 Å². The average molecular weight is 215 g/mol. The van der Waals surface area contributed by atoms with Gasteiger partial charge >= 0.3 is 0 Å². The van der Waals surface area contributed by atoms with Crippen molar-refractivity contribution in [3.8, 4) is 0 Å². The van der Waals surface area contributed by atoms with Crippen molar-refractivity contribution in [3.63, 3.8) is 0 Å². The van der Waals surface area contributed by atoms with Gasteiger partial charge in [0.05, 0.1) is 0 Å². The molecule has 1 heterocycles. The summed E-state index contributed by atoms with van der Waals surface area (Å²) in [6.45, 7) is 4.04. The minimum atomic E-state index is -0.00361. The Morgan fingerprint density at radius 1 is 1.38 bits per heavy atom. The lowest BCUT2D eigenvalue weighted by Crippen LogP contribution is -2.07. The quantitative estimate of drug-likeness (QED) is 0.829. The van der Waals surface area contributed by atoms with Crippen molar-refractivity contribution in [1.82, 2.24) is 4.98 Å². The Bertz CT molecular complexity index is 498. The van der Waals surface area contributed by atoms with Crippen molar-refractivity contribution in [2.45, 2.75) is 32.6 Å². The SMILES string of the molecule is CCCC(=O)C(C)c1c[nH]c2ccccc12. The summed E-state index contributed by atoms with van der Waals surface area (Å²) in [5.41, 5.74) is 2.22. The smallest absolute Gasteiger partial charge is 0.140 e. The molecule has 0 bridgehead atoms. The molecule has 16 heavy (non-hydrogen) atoms. The number of carbonyl (C=O) groups excluding carboxylic acids is 1. The third kappa shape index (κ3) is 1.87. The molecule has 2 nitrogen and oxygen atoms in total. The van der Waals surface area contributed by atoms with Crippen LogP contribution in [0.1, 0.15) is 38.2 Å². The fraction of sp³-hybridized carbons (Fsp3) is 0.357. The van der Waals surface area contributed by atoms with Gasteiger partial charge in [0.25, 0.3) is 0 Å². The highest BCUT2D eigenvalue weighted by Gasteiger charge is 2.17. The van der Waals surface area contributed by atoms with Gasteiger partial charge in [-0.3, -0.25) is 4.79 Å². The summed E-state index contributed by atoms with van der Waals surface area (Å²) in [4.78, 5) is 15.1. The van der Waals surface area contributed by atoms with E-state index in [-0.39, 0.29) is 5.92 Å². The summed E-state index contributed by atoms with van der Waals surface area (Å²) in [5.74, 6) is 0.323. The van der Waals surface area contributed by atoms with Gasteiger partial charge in [-0.05, 0) is 18.1 Å². The summed E-state index contributed by atoms with van der Waals surface area (Å²) < 4.78 is 0. The second-order valence-corrected chi connectivity index (χ2v) is 4.23. The molecule has 0 aliphatic rings. The van der Waals surface area contributed by atoms with E-state index >= 15 is 0 Å². The highest BCUT2D eigenvalue weighted by atomic mass is 16.1. The molecule has 0 aliphatic heterocycles. The van der Waals surface area contributed by atoms with Crippen LogP contribution in [0.4, 0.5) is 0 Å². The van der Waals surface area contributed by atoms with Crippen LogP contribution in [0.2, 0.25) is 0 Å². The first-order valence-electron chi connectivity index (χ1n) is 5.82. The summed E-state index contributed by atoms with van der Waals surface area (Å²) in [5, 5.41) is 1.17. The van der Waals surface area contributed by atoms with Gasteiger partial charge < -0.3 is 4.98 Å². The molecule has 0 saturated carbocycles. The third-order valence-electron chi connectivity index (χ3n) is 3.07. The van der Waals surface area contributed by atoms with E-state index in [1.807, 2.05) is 38.2 Å². The van der Waals surface area contributed by atoms with E-state index < -0.39 is 0 Å². The molecule has 1 aromatic carbocycles. The molecule has 0 amide bonds. The number of aromatic amines is 1. The molecule has 2 rings (SSSR count). The summed E-state index contributed by atoms with van der Waals surface area (Å²) in [7, 11) is 0. The van der Waals surface area contributed by atoms with Crippen molar-refractivity contribution in [1.29, 1.82) is 0 Å². The van der Waals surface area contributed by atoms with Gasteiger partial charge in [0.2, 0.25) is 0 Å². The predicted octanol–water partition coefficient (Wildman–Crippen LogP) is 3.64. The maximum Gasteiger partial charge on any atom is 0.140 e. The van der Waals surface area contributed by atoms with Crippen LogP contribution in [-0.2, 0) is 4.79 Å². The van der Waals surface area contributed by atoms with Crippen LogP contribution in [0.5, 0.6) is 0 Å². The highest BCUT2D eigenvalue weighted by Crippen LogP contribution is 2.26. The summed E-state index contributed by atoms with van der Waals surface area (Å²) in [6.07, 6.45) is 3.55. The molecule has 1 unspecified atom stereocenters. The average Bonchev–Trinajstić information content (AvgIpc) is 2.72. The van der Waals surface area contributed by atoms with Crippen molar-refractivity contribution >= 4 is 16.7 Å². The van der Waals surface area contributed by atoms with E-state index in [0.717, 1.165) is 17.5 Å². The maximum absolute atomic E-state index is 11.9. The fourth-order valence-corrected chi connectivity index (χ4v) is 2.09. The summed E-state index contributed by atoms with van der Waals surface area (Å²) in [6, 6.07) is 8.12. The maximum atomic E-state index is 11.9. The topological polar surface area (TPSA) is 32.9 Å². The first-order valence-corrected chi connectivity index (χ1v) is 5.82. The molecule has 0 fully saturated rings. The molecule has 0 aliphatic carbocycles. The number of nitrogens with one attached hydrogen (secondary N) is 1. The fourth-order valence-electron chi connectivity index (χ4n) is 2.09. The largest absolute Gasteiger partial charge is 0.361 e. The van der Waals surface area contributed by atoms with Crippen LogP contribution in [-0.4, -0.2) is 10.8 Å². The number of ketones is 1. The summed E-state index contributed by atoms with van der Waals surface area (Å²) >= 11 is 0. The molecule has 1 atom stereocenters. The van der Waals surface area contributed by atoms with E-state index in [9.17, 15) is 4.79 Å². The molecule has 2 aromatic rings. The number of aromatic nitrogens is 1. The number of fused-ring (bicyclic) bond motifs is 1. The molecule has 84 valence electrons. The van der Waals surface area contributed by atoms with Gasteiger partial charge in [0.15, 0.2) is 0 Å². The van der Waals surface area contributed by atoms with E-state index in [0.29, 0.717) is 12.2 Å². The van der Waals surface area contributed by atoms with Crippen LogP contribution in [0.25, 0.3) is 10.9 Å². The Morgan fingerprint density at radius 3 is 2.88 bits per heavy atom. The van der Waals surface area contributed by atoms with Crippen LogP contribution < -0.4 is 0 Å². The zero-order valence-electron chi connectivity index (χ0n) is 9.79. The number of Topliss-reactive ketones (excluding diaryl/α,β-unsaturated/α-hetero) is 1. The minimum Gasteiger partial charge on any atom is -0.361 e. The Hall–Kier alpha value is -1.57. The van der Waals surface area contributed by atoms with E-state index in [2.05, 4.69) is 11.1 Å². The molecule has 0 saturated heterocycles. The lowest BCUT2D eigenvalue weighted by Gasteiger charge is -2.08. The van der Waals surface area contributed by atoms with Gasteiger partial charge in [0.1, 0.15) is 5.78 Å². The predicted molar refractivity (Wildman–Crippen MR) is 66.6 cm³/mol. The molecule has 2 heteroatoms. The van der Waals surface area contributed by atoms with Crippen LogP contribution in [0.3, 0.4) is 0 Å². The number of carbonyl (C=O) groups is 1. The second kappa shape index (κ2) is 4.52. The van der Waals surface area contributed by atoms with Crippen molar-refractivity contribution in [2.75, 3.05) is 0 Å². The molecule has 0 spiro atoms. The van der Waals surface area contributed by atoms with Gasteiger partial charge in [-0.2, -0.15) is 0 Å². The van der Waals surface area contributed by atoms with Crippen molar-refractivity contribution in [3.05, 3.63) is 36.0 Å². The zero-order chi connectivity index (χ0) is 11.5. The number of benzene rings is 1. The molecule has 1 N–H and O–H groups in total. The Kier molecular flexibility index (Phi) is 3.09. The standard InChI is InChI=1S/C14H17NO/c1-3-6-14(16)10(2)12-9-15-13-8-5-4-7-11(12)13/h4-5,7-10,15H,3,6H2,1-2H3. The molecular formula is C14H17NO. The number of hydrogen-bond acceptors (Lipinski definition) is 1. The molecule has 0 radical (unpaired) electrons. The Balaban J connectivity index is 2.36. The number of rotatable bonds is 4. The van der Waals surface area contributed by atoms with Crippen molar-refractivity contribution in [2.24, 2.45) is 0 Å². The van der Waals surface area contributed by atoms with Gasteiger partial charge in [-0.1, -0.05) is 32.0 Å². The van der Waals surface area contributed by atoms with Crippen LogP contribution in [0, 0.1) is 0 Å². The van der Waals surface area contributed by atoms with E-state index in [1.165, 1.54) is 5.39 Å². The normalized spacial score (nSPS) is 12.9. The minimum absolute atomic E-state index is 0.00361. The lowest BCUT2D eigenvalue weighted by atomic mass is 9.94. The Morgan fingerprint density at radius 2 is 2.12 bits per heavy atom. The van der Waals surface area contributed by atoms with Crippen molar-refractivity contribution < 1.29 is 4.79 Å². The third-order valence-corrected chi connectivity index (χ3v) is 3.07. The van der Waals surface area contributed by atoms with Gasteiger partial charge in [0, 0.05) is 29.4 Å². The van der Waals surface area contributed by atoms with Crippen LogP contribution >= 0.6 is 0 Å². The number of hydrogen-bond donors (Lipinski definition) is 1. The first-order chi connectivity index (χ1) is 7.74. The Labute approximate surface area is 95.7 Å².